The Balaban J connectivity index is 3.03. The van der Waals surface area contributed by atoms with Gasteiger partial charge in [-0.3, -0.25) is 9.59 Å². The fraction of sp³-hybridized carbons (Fsp3) is 0.944. The van der Waals surface area contributed by atoms with E-state index in [0.29, 0.717) is 44.9 Å². The molecular formula is C54H105N3O7S. The summed E-state index contributed by atoms with van der Waals surface area (Å²) in [4.78, 5) is 48.4. The fourth-order valence-corrected chi connectivity index (χ4v) is 10.2. The van der Waals surface area contributed by atoms with Crippen LogP contribution in [0.1, 0.15) is 228 Å². The van der Waals surface area contributed by atoms with Crippen LogP contribution < -0.4 is 0 Å². The van der Waals surface area contributed by atoms with Crippen LogP contribution in [0.2, 0.25) is 0 Å². The number of carbonyl (C=O) groups excluding carboxylic acids is 3. The molecule has 1 saturated heterocycles. The second-order valence-electron chi connectivity index (χ2n) is 19.6. The van der Waals surface area contributed by atoms with E-state index in [-0.39, 0.29) is 19.0 Å². The summed E-state index contributed by atoms with van der Waals surface area (Å²) >= 11 is 1.41. The molecule has 0 aromatic heterocycles. The van der Waals surface area contributed by atoms with Crippen molar-refractivity contribution in [1.29, 1.82) is 0 Å². The van der Waals surface area contributed by atoms with Gasteiger partial charge in [0, 0.05) is 39.1 Å². The van der Waals surface area contributed by atoms with E-state index in [9.17, 15) is 19.5 Å². The highest BCUT2D eigenvalue weighted by Gasteiger charge is 2.36. The van der Waals surface area contributed by atoms with Crippen LogP contribution in [-0.2, 0) is 28.6 Å². The Hall–Kier alpha value is -1.40. The number of aliphatic hydroxyl groups is 1. The van der Waals surface area contributed by atoms with Gasteiger partial charge < -0.3 is 34.0 Å². The van der Waals surface area contributed by atoms with Gasteiger partial charge in [-0.05, 0) is 84.5 Å². The van der Waals surface area contributed by atoms with Crippen molar-refractivity contribution in [3.05, 3.63) is 0 Å². The molecule has 0 amide bonds. The van der Waals surface area contributed by atoms with Crippen molar-refractivity contribution in [2.24, 2.45) is 5.92 Å². The third kappa shape index (κ3) is 33.7. The first kappa shape index (κ1) is 61.6. The van der Waals surface area contributed by atoms with Gasteiger partial charge in [-0.2, -0.15) is 0 Å². The molecule has 1 N–H and O–H groups in total. The van der Waals surface area contributed by atoms with Crippen LogP contribution in [0.3, 0.4) is 0 Å². The van der Waals surface area contributed by atoms with Crippen molar-refractivity contribution < 1.29 is 33.7 Å². The number of hydrogen-bond donors (Lipinski definition) is 1. The molecular weight excluding hydrogens is 835 g/mol. The summed E-state index contributed by atoms with van der Waals surface area (Å²) in [5, 5.41) is 10.1. The third-order valence-corrected chi connectivity index (χ3v) is 14.7. The normalized spacial score (nSPS) is 16.0. The predicted octanol–water partition coefficient (Wildman–Crippen LogP) is 12.4. The lowest BCUT2D eigenvalue weighted by Gasteiger charge is -2.33. The van der Waals surface area contributed by atoms with Gasteiger partial charge in [-0.15, -0.1) is 11.8 Å². The summed E-state index contributed by atoms with van der Waals surface area (Å²) < 4.78 is 17.9. The first-order chi connectivity index (χ1) is 31.6. The molecule has 384 valence electrons. The van der Waals surface area contributed by atoms with Crippen molar-refractivity contribution in [2.75, 3.05) is 72.6 Å². The van der Waals surface area contributed by atoms with Gasteiger partial charge in [0.25, 0.3) is 0 Å². The van der Waals surface area contributed by atoms with E-state index >= 15 is 0 Å². The maximum Gasteiger partial charge on any atom is 0.348 e. The summed E-state index contributed by atoms with van der Waals surface area (Å²) in [7, 11) is 2.18. The molecule has 5 atom stereocenters. The molecule has 0 saturated carbocycles. The molecule has 0 aliphatic carbocycles. The lowest BCUT2D eigenvalue weighted by Crippen LogP contribution is -2.45. The number of carbonyl (C=O) groups is 3. The largest absolute Gasteiger partial charge is 0.465 e. The van der Waals surface area contributed by atoms with Crippen LogP contribution in [0.5, 0.6) is 0 Å². The molecule has 0 aromatic rings. The SMILES string of the molecule is CCCCCCCCC(O)CN(CCCC(=O)OC(C(=O)OCCC)C(CCCCCCC)SC(C)C(=O)OCC(CCCCCC)CCCCCCCC)CCCN1CCN(C)CC1. The maximum absolute atomic E-state index is 13.8. The molecule has 0 spiro atoms. The number of ether oxygens (including phenoxy) is 3. The van der Waals surface area contributed by atoms with Crippen LogP contribution in [0.15, 0.2) is 0 Å². The highest BCUT2D eigenvalue weighted by atomic mass is 32.2. The smallest absolute Gasteiger partial charge is 0.348 e. The minimum Gasteiger partial charge on any atom is -0.465 e. The van der Waals surface area contributed by atoms with Crippen molar-refractivity contribution >= 4 is 29.7 Å². The Kier molecular flexibility index (Phi) is 40.5. The van der Waals surface area contributed by atoms with Crippen molar-refractivity contribution in [3.8, 4) is 0 Å². The minimum atomic E-state index is -1.10. The van der Waals surface area contributed by atoms with E-state index in [1.54, 1.807) is 0 Å². The number of piperazine rings is 1. The minimum absolute atomic E-state index is 0.170. The van der Waals surface area contributed by atoms with E-state index in [1.807, 2.05) is 13.8 Å². The molecule has 1 rings (SSSR count). The Morgan fingerprint density at radius 3 is 1.68 bits per heavy atom. The number of hydrogen-bond acceptors (Lipinski definition) is 11. The van der Waals surface area contributed by atoms with Gasteiger partial charge >= 0.3 is 17.9 Å². The maximum atomic E-state index is 13.8. The Bertz CT molecular complexity index is 1130. The molecule has 10 nitrogen and oxygen atoms in total. The molecule has 1 aliphatic heterocycles. The molecule has 0 radical (unpaired) electrons. The standard InChI is InChI=1S/C54H105N3O7S/c1-8-13-17-21-24-27-33-48(32-26-20-16-11-4)46-63-53(60)47(6)65-50(35-29-23-19-15-10-3)52(54(61)62-44-12-5)64-51(59)36-30-37-57(39-31-38-56-42-40-55(7)41-43-56)45-49(58)34-28-25-22-18-14-9-2/h47-50,52,58H,8-46H2,1-7H3. The van der Waals surface area contributed by atoms with Crippen LogP contribution in [0.25, 0.3) is 0 Å². The third-order valence-electron chi connectivity index (χ3n) is 13.2. The Labute approximate surface area is 405 Å². The summed E-state index contributed by atoms with van der Waals surface area (Å²) in [5.41, 5.74) is 0. The molecule has 0 aromatic carbocycles. The summed E-state index contributed by atoms with van der Waals surface area (Å²) in [6.07, 6.45) is 29.4. The second kappa shape index (κ2) is 42.7. The van der Waals surface area contributed by atoms with Crippen molar-refractivity contribution in [3.63, 3.8) is 0 Å². The van der Waals surface area contributed by atoms with Gasteiger partial charge in [-0.1, -0.05) is 169 Å². The fourth-order valence-electron chi connectivity index (χ4n) is 8.90. The quantitative estimate of drug-likeness (QED) is 0.0358. The number of thioether (sulfide) groups is 1. The van der Waals surface area contributed by atoms with Crippen LogP contribution in [-0.4, -0.2) is 133 Å². The van der Waals surface area contributed by atoms with Gasteiger partial charge in [0.1, 0.15) is 5.25 Å². The second-order valence-corrected chi connectivity index (χ2v) is 21.2. The number of likely N-dealkylation sites (N-methyl/N-ethyl adjacent to an activating group) is 1. The van der Waals surface area contributed by atoms with Crippen molar-refractivity contribution in [2.45, 2.75) is 250 Å². The predicted molar refractivity (Wildman–Crippen MR) is 275 cm³/mol. The van der Waals surface area contributed by atoms with Crippen molar-refractivity contribution in [1.82, 2.24) is 14.7 Å². The highest BCUT2D eigenvalue weighted by molar-refractivity contribution is 8.01. The van der Waals surface area contributed by atoms with Gasteiger partial charge in [-0.25, -0.2) is 4.79 Å². The van der Waals surface area contributed by atoms with Crippen LogP contribution >= 0.6 is 11.8 Å². The molecule has 5 unspecified atom stereocenters. The zero-order valence-corrected chi connectivity index (χ0v) is 44.4. The average Bonchev–Trinajstić information content (AvgIpc) is 3.29. The summed E-state index contributed by atoms with van der Waals surface area (Å²) in [5.74, 6) is -0.837. The topological polar surface area (TPSA) is 109 Å². The first-order valence-electron chi connectivity index (χ1n) is 27.6. The van der Waals surface area contributed by atoms with Gasteiger partial charge in [0.2, 0.25) is 6.10 Å². The summed E-state index contributed by atoms with van der Waals surface area (Å²) in [6, 6.07) is 0. The van der Waals surface area contributed by atoms with E-state index < -0.39 is 34.6 Å². The number of aliphatic hydroxyl groups excluding tert-OH is 1. The number of nitrogens with zero attached hydrogens (tertiary/aromatic N) is 3. The van der Waals surface area contributed by atoms with Gasteiger partial charge in [0.15, 0.2) is 0 Å². The average molecular weight is 941 g/mol. The summed E-state index contributed by atoms with van der Waals surface area (Å²) in [6.45, 7) is 21.0. The monoisotopic (exact) mass is 940 g/mol. The molecule has 1 heterocycles. The lowest BCUT2D eigenvalue weighted by atomic mass is 9.95. The number of rotatable bonds is 45. The molecule has 1 fully saturated rings. The lowest BCUT2D eigenvalue weighted by molar-refractivity contribution is -0.168. The van der Waals surface area contributed by atoms with E-state index in [0.717, 1.165) is 110 Å². The first-order valence-corrected chi connectivity index (χ1v) is 28.5. The molecule has 11 heteroatoms. The van der Waals surface area contributed by atoms with E-state index in [1.165, 1.54) is 102 Å². The van der Waals surface area contributed by atoms with E-state index in [2.05, 4.69) is 49.4 Å². The Morgan fingerprint density at radius 2 is 1.11 bits per heavy atom. The highest BCUT2D eigenvalue weighted by Crippen LogP contribution is 2.30. The number of unbranched alkanes of at least 4 members (excludes halogenated alkanes) is 17. The number of esters is 3. The van der Waals surface area contributed by atoms with Crippen LogP contribution in [0, 0.1) is 5.92 Å². The van der Waals surface area contributed by atoms with Crippen LogP contribution in [0.4, 0.5) is 0 Å². The zero-order valence-electron chi connectivity index (χ0n) is 43.6. The molecule has 0 bridgehead atoms. The molecule has 1 aliphatic rings. The zero-order chi connectivity index (χ0) is 47.8. The molecule has 65 heavy (non-hydrogen) atoms. The van der Waals surface area contributed by atoms with Gasteiger partial charge in [0.05, 0.1) is 24.6 Å². The van der Waals surface area contributed by atoms with E-state index in [4.69, 9.17) is 14.2 Å². The Morgan fingerprint density at radius 1 is 0.600 bits per heavy atom.